The summed E-state index contributed by atoms with van der Waals surface area (Å²) in [5.41, 5.74) is 0.625. The van der Waals surface area contributed by atoms with E-state index in [0.29, 0.717) is 16.1 Å². The highest BCUT2D eigenvalue weighted by molar-refractivity contribution is 9.10. The number of hydrogen-bond acceptors (Lipinski definition) is 4. The van der Waals surface area contributed by atoms with Gasteiger partial charge < -0.3 is 19.5 Å². The quantitative estimate of drug-likeness (QED) is 0.409. The summed E-state index contributed by atoms with van der Waals surface area (Å²) in [6.45, 7) is 0. The molecule has 2 N–H and O–H groups in total. The van der Waals surface area contributed by atoms with E-state index in [-0.39, 0.29) is 11.5 Å². The molecular formula is C22H15BrN2O4. The largest absolute Gasteiger partial charge is 0.465 e. The Morgan fingerprint density at radius 2 is 1.76 bits per heavy atom. The summed E-state index contributed by atoms with van der Waals surface area (Å²) >= 11 is 3.15. The molecule has 2 aromatic carbocycles. The molecule has 0 unspecified atom stereocenters. The first kappa shape index (κ1) is 18.8. The van der Waals surface area contributed by atoms with E-state index in [9.17, 15) is 9.59 Å². The third kappa shape index (κ3) is 4.47. The van der Waals surface area contributed by atoms with Crippen LogP contribution in [0.3, 0.4) is 0 Å². The van der Waals surface area contributed by atoms with Crippen molar-refractivity contribution in [2.24, 2.45) is 0 Å². The van der Waals surface area contributed by atoms with E-state index in [1.54, 1.807) is 24.3 Å². The van der Waals surface area contributed by atoms with Gasteiger partial charge in [0.1, 0.15) is 11.5 Å². The normalized spacial score (nSPS) is 11.4. The van der Waals surface area contributed by atoms with Gasteiger partial charge in [-0.3, -0.25) is 9.59 Å². The van der Waals surface area contributed by atoms with Crippen LogP contribution >= 0.6 is 15.9 Å². The van der Waals surface area contributed by atoms with Crippen LogP contribution in [-0.2, 0) is 4.79 Å². The fourth-order valence-corrected chi connectivity index (χ4v) is 3.07. The van der Waals surface area contributed by atoms with Crippen molar-refractivity contribution in [3.05, 3.63) is 94.9 Å². The molecule has 7 heteroatoms. The molecule has 0 radical (unpaired) electrons. The number of halogens is 1. The van der Waals surface area contributed by atoms with Crippen LogP contribution < -0.4 is 10.6 Å². The standard InChI is InChI=1S/C22H15BrN2O4/c23-20-10-9-19(29-20)22(27)25-18(13-17-6-3-11-28-17)21(26)24-16-8-7-14-4-1-2-5-15(14)12-16/h1-13H,(H,24,26)(H,25,27). The van der Waals surface area contributed by atoms with Gasteiger partial charge in [-0.05, 0) is 63.1 Å². The first-order valence-corrected chi connectivity index (χ1v) is 9.50. The summed E-state index contributed by atoms with van der Waals surface area (Å²) in [5, 5.41) is 7.44. The van der Waals surface area contributed by atoms with Crippen LogP contribution in [0.25, 0.3) is 16.8 Å². The van der Waals surface area contributed by atoms with Crippen LogP contribution in [0, 0.1) is 0 Å². The Balaban J connectivity index is 1.59. The second kappa shape index (κ2) is 8.20. The zero-order valence-electron chi connectivity index (χ0n) is 15.0. The number of carbonyl (C=O) groups excluding carboxylic acids is 2. The van der Waals surface area contributed by atoms with Crippen LogP contribution in [0.1, 0.15) is 16.3 Å². The molecule has 29 heavy (non-hydrogen) atoms. The van der Waals surface area contributed by atoms with Crippen molar-refractivity contribution in [3.63, 3.8) is 0 Å². The smallest absolute Gasteiger partial charge is 0.291 e. The van der Waals surface area contributed by atoms with Crippen molar-refractivity contribution in [1.82, 2.24) is 5.32 Å². The monoisotopic (exact) mass is 450 g/mol. The van der Waals surface area contributed by atoms with Crippen molar-refractivity contribution in [2.75, 3.05) is 5.32 Å². The van der Waals surface area contributed by atoms with Crippen LogP contribution in [-0.4, -0.2) is 11.8 Å². The number of anilines is 1. The average molecular weight is 451 g/mol. The van der Waals surface area contributed by atoms with E-state index in [2.05, 4.69) is 26.6 Å². The van der Waals surface area contributed by atoms with Gasteiger partial charge in [0, 0.05) is 11.8 Å². The van der Waals surface area contributed by atoms with E-state index < -0.39 is 11.8 Å². The van der Waals surface area contributed by atoms with Gasteiger partial charge >= 0.3 is 0 Å². The lowest BCUT2D eigenvalue weighted by molar-refractivity contribution is -0.113. The zero-order valence-corrected chi connectivity index (χ0v) is 16.6. The second-order valence-corrected chi connectivity index (χ2v) is 6.93. The lowest BCUT2D eigenvalue weighted by Crippen LogP contribution is -2.30. The highest BCUT2D eigenvalue weighted by Gasteiger charge is 2.18. The Bertz CT molecular complexity index is 1210. The molecule has 0 saturated heterocycles. The molecule has 6 nitrogen and oxygen atoms in total. The number of amides is 2. The van der Waals surface area contributed by atoms with Gasteiger partial charge in [0.05, 0.1) is 6.26 Å². The molecule has 0 atom stereocenters. The van der Waals surface area contributed by atoms with Crippen molar-refractivity contribution < 1.29 is 18.4 Å². The summed E-state index contributed by atoms with van der Waals surface area (Å²) in [6.07, 6.45) is 2.93. The highest BCUT2D eigenvalue weighted by Crippen LogP contribution is 2.20. The van der Waals surface area contributed by atoms with Crippen molar-refractivity contribution in [2.45, 2.75) is 0 Å². The maximum Gasteiger partial charge on any atom is 0.291 e. The molecule has 0 spiro atoms. The van der Waals surface area contributed by atoms with Gasteiger partial charge in [-0.25, -0.2) is 0 Å². The Labute approximate surface area is 174 Å². The Kier molecular flexibility index (Phi) is 5.31. The van der Waals surface area contributed by atoms with Gasteiger partial charge in [0.2, 0.25) is 0 Å². The lowest BCUT2D eigenvalue weighted by atomic mass is 10.1. The molecule has 0 aliphatic carbocycles. The third-order valence-corrected chi connectivity index (χ3v) is 4.55. The van der Waals surface area contributed by atoms with Crippen molar-refractivity contribution in [3.8, 4) is 0 Å². The van der Waals surface area contributed by atoms with Crippen molar-refractivity contribution in [1.29, 1.82) is 0 Å². The van der Waals surface area contributed by atoms with Crippen LogP contribution in [0.2, 0.25) is 0 Å². The molecule has 2 amide bonds. The van der Waals surface area contributed by atoms with Gasteiger partial charge in [-0.1, -0.05) is 30.3 Å². The SMILES string of the molecule is O=C(Nc1ccc2ccccc2c1)C(=Cc1ccco1)NC(=O)c1ccc(Br)o1. The molecule has 4 aromatic rings. The topological polar surface area (TPSA) is 84.5 Å². The van der Waals surface area contributed by atoms with E-state index in [1.165, 1.54) is 18.4 Å². The van der Waals surface area contributed by atoms with Crippen LogP contribution in [0.5, 0.6) is 0 Å². The Hall–Kier alpha value is -3.58. The summed E-state index contributed by atoms with van der Waals surface area (Å²) < 4.78 is 10.9. The van der Waals surface area contributed by atoms with Gasteiger partial charge in [-0.2, -0.15) is 0 Å². The van der Waals surface area contributed by atoms with Gasteiger partial charge in [-0.15, -0.1) is 0 Å². The van der Waals surface area contributed by atoms with E-state index >= 15 is 0 Å². The fourth-order valence-electron chi connectivity index (χ4n) is 2.76. The van der Waals surface area contributed by atoms with Crippen LogP contribution in [0.4, 0.5) is 5.69 Å². The molecule has 4 rings (SSSR count). The molecule has 0 fully saturated rings. The van der Waals surface area contributed by atoms with E-state index in [1.807, 2.05) is 36.4 Å². The fraction of sp³-hybridized carbons (Fsp3) is 0. The molecule has 144 valence electrons. The third-order valence-electron chi connectivity index (χ3n) is 4.13. The minimum Gasteiger partial charge on any atom is -0.465 e. The van der Waals surface area contributed by atoms with Gasteiger partial charge in [0.25, 0.3) is 11.8 Å². The number of carbonyl (C=O) groups is 2. The maximum absolute atomic E-state index is 12.9. The molecule has 0 aliphatic rings. The maximum atomic E-state index is 12.9. The number of furan rings is 2. The first-order chi connectivity index (χ1) is 14.1. The van der Waals surface area contributed by atoms with E-state index in [0.717, 1.165) is 10.8 Å². The molecule has 2 heterocycles. The Morgan fingerprint density at radius 1 is 0.931 bits per heavy atom. The highest BCUT2D eigenvalue weighted by atomic mass is 79.9. The van der Waals surface area contributed by atoms with Crippen molar-refractivity contribution >= 4 is 50.3 Å². The minimum atomic E-state index is -0.554. The summed E-state index contributed by atoms with van der Waals surface area (Å²) in [7, 11) is 0. The number of fused-ring (bicyclic) bond motifs is 1. The zero-order chi connectivity index (χ0) is 20.2. The van der Waals surface area contributed by atoms with Crippen LogP contribution in [0.15, 0.2) is 92.2 Å². The average Bonchev–Trinajstić information content (AvgIpc) is 3.39. The van der Waals surface area contributed by atoms with E-state index in [4.69, 9.17) is 8.83 Å². The lowest BCUT2D eigenvalue weighted by Gasteiger charge is -2.10. The molecule has 0 aliphatic heterocycles. The molecule has 0 bridgehead atoms. The molecule has 2 aromatic heterocycles. The summed E-state index contributed by atoms with van der Waals surface area (Å²) in [6, 6.07) is 19.9. The number of benzene rings is 2. The summed E-state index contributed by atoms with van der Waals surface area (Å²) in [5.74, 6) is -0.548. The second-order valence-electron chi connectivity index (χ2n) is 6.15. The predicted molar refractivity (Wildman–Crippen MR) is 113 cm³/mol. The Morgan fingerprint density at radius 3 is 2.48 bits per heavy atom. The number of nitrogens with one attached hydrogen (secondary N) is 2. The predicted octanol–water partition coefficient (Wildman–Crippen LogP) is 5.20. The first-order valence-electron chi connectivity index (χ1n) is 8.70. The van der Waals surface area contributed by atoms with Gasteiger partial charge in [0.15, 0.2) is 10.4 Å². The molecular weight excluding hydrogens is 436 g/mol. The number of hydrogen-bond donors (Lipinski definition) is 2. The number of rotatable bonds is 5. The molecule has 0 saturated carbocycles. The minimum absolute atomic E-state index is 0.0191. The summed E-state index contributed by atoms with van der Waals surface area (Å²) in [4.78, 5) is 25.3.